The van der Waals surface area contributed by atoms with Crippen LogP contribution in [0.5, 0.6) is 0 Å². The first-order valence-electron chi connectivity index (χ1n) is 5.39. The largest absolute Gasteiger partial charge is 0.313 e. The quantitative estimate of drug-likeness (QED) is 0.792. The zero-order valence-corrected chi connectivity index (χ0v) is 11.7. The fourth-order valence-corrected chi connectivity index (χ4v) is 2.72. The van der Waals surface area contributed by atoms with Gasteiger partial charge < -0.3 is 5.32 Å². The van der Waals surface area contributed by atoms with Gasteiger partial charge in [-0.2, -0.15) is 0 Å². The minimum Gasteiger partial charge on any atom is -0.313 e. The first kappa shape index (κ1) is 13.1. The van der Waals surface area contributed by atoms with Gasteiger partial charge in [-0.25, -0.2) is 0 Å². The molecule has 0 aliphatic heterocycles. The summed E-state index contributed by atoms with van der Waals surface area (Å²) in [5, 5.41) is 3.33. The predicted molar refractivity (Wildman–Crippen MR) is 72.5 cm³/mol. The van der Waals surface area contributed by atoms with Crippen LogP contribution in [0.3, 0.4) is 0 Å². The lowest BCUT2D eigenvalue weighted by molar-refractivity contribution is 0.724. The number of nitrogens with one attached hydrogen (secondary N) is 1. The number of thioether (sulfide) groups is 1. The maximum absolute atomic E-state index is 3.62. The minimum atomic E-state index is 0.940. The Balaban J connectivity index is 2.61. The van der Waals surface area contributed by atoms with Crippen molar-refractivity contribution < 1.29 is 0 Å². The summed E-state index contributed by atoms with van der Waals surface area (Å²) in [4.78, 5) is 1.35. The van der Waals surface area contributed by atoms with Crippen molar-refractivity contribution in [2.45, 2.75) is 31.7 Å². The van der Waals surface area contributed by atoms with Crippen molar-refractivity contribution >= 4 is 27.7 Å². The van der Waals surface area contributed by atoms with Crippen LogP contribution in [-0.2, 0) is 6.54 Å². The molecule has 84 valence electrons. The van der Waals surface area contributed by atoms with Crippen molar-refractivity contribution in [1.82, 2.24) is 5.32 Å². The molecule has 0 aliphatic carbocycles. The first-order valence-corrected chi connectivity index (χ1v) is 7.17. The summed E-state index contributed by atoms with van der Waals surface area (Å²) < 4.78 is 1.21. The molecule has 0 unspecified atom stereocenters. The van der Waals surface area contributed by atoms with E-state index in [1.165, 1.54) is 27.1 Å². The van der Waals surface area contributed by atoms with Crippen molar-refractivity contribution in [3.8, 4) is 0 Å². The molecule has 0 spiro atoms. The van der Waals surface area contributed by atoms with Gasteiger partial charge in [0.15, 0.2) is 0 Å². The SMILES string of the molecule is CCCSc1ccc(CNCC)c(Br)c1. The molecule has 1 rings (SSSR count). The number of benzene rings is 1. The van der Waals surface area contributed by atoms with Crippen LogP contribution in [0, 0.1) is 0 Å². The van der Waals surface area contributed by atoms with Crippen LogP contribution in [-0.4, -0.2) is 12.3 Å². The van der Waals surface area contributed by atoms with E-state index in [4.69, 9.17) is 0 Å². The maximum Gasteiger partial charge on any atom is 0.0231 e. The van der Waals surface area contributed by atoms with Gasteiger partial charge in [-0.15, -0.1) is 11.8 Å². The summed E-state index contributed by atoms with van der Waals surface area (Å²) in [5.74, 6) is 1.19. The highest BCUT2D eigenvalue weighted by Crippen LogP contribution is 2.25. The summed E-state index contributed by atoms with van der Waals surface area (Å²) in [7, 11) is 0. The van der Waals surface area contributed by atoms with E-state index in [1.54, 1.807) is 0 Å². The summed E-state index contributed by atoms with van der Waals surface area (Å²) in [6.07, 6.45) is 1.22. The zero-order chi connectivity index (χ0) is 11.1. The lowest BCUT2D eigenvalue weighted by Crippen LogP contribution is -2.11. The van der Waals surface area contributed by atoms with Crippen LogP contribution in [0.25, 0.3) is 0 Å². The number of hydrogen-bond donors (Lipinski definition) is 1. The van der Waals surface area contributed by atoms with Crippen molar-refractivity contribution in [3.63, 3.8) is 0 Å². The van der Waals surface area contributed by atoms with E-state index < -0.39 is 0 Å². The minimum absolute atomic E-state index is 0.940. The molecule has 3 heteroatoms. The highest BCUT2D eigenvalue weighted by molar-refractivity contribution is 9.10. The van der Waals surface area contributed by atoms with Crippen LogP contribution in [0.15, 0.2) is 27.6 Å². The second-order valence-corrected chi connectivity index (χ2v) is 5.40. The Morgan fingerprint density at radius 3 is 2.73 bits per heavy atom. The van der Waals surface area contributed by atoms with Gasteiger partial charge >= 0.3 is 0 Å². The zero-order valence-electron chi connectivity index (χ0n) is 9.35. The number of hydrogen-bond acceptors (Lipinski definition) is 2. The molecule has 0 atom stereocenters. The Morgan fingerprint density at radius 1 is 1.33 bits per heavy atom. The Labute approximate surface area is 105 Å². The van der Waals surface area contributed by atoms with Gasteiger partial charge in [-0.3, -0.25) is 0 Å². The second kappa shape index (κ2) is 7.31. The molecule has 0 heterocycles. The predicted octanol–water partition coefficient (Wildman–Crippen LogP) is 4.06. The van der Waals surface area contributed by atoms with Crippen molar-refractivity contribution in [2.24, 2.45) is 0 Å². The standard InChI is InChI=1S/C12H18BrNS/c1-3-7-15-11-6-5-10(9-14-4-2)12(13)8-11/h5-6,8,14H,3-4,7,9H2,1-2H3. The van der Waals surface area contributed by atoms with Crippen LogP contribution in [0.2, 0.25) is 0 Å². The van der Waals surface area contributed by atoms with Gasteiger partial charge in [-0.1, -0.05) is 35.8 Å². The van der Waals surface area contributed by atoms with Crippen LogP contribution in [0.1, 0.15) is 25.8 Å². The van der Waals surface area contributed by atoms with E-state index in [1.807, 2.05) is 11.8 Å². The molecule has 0 radical (unpaired) electrons. The van der Waals surface area contributed by atoms with Crippen LogP contribution in [0.4, 0.5) is 0 Å². The van der Waals surface area contributed by atoms with Gasteiger partial charge in [0, 0.05) is 15.9 Å². The van der Waals surface area contributed by atoms with Gasteiger partial charge in [-0.05, 0) is 36.4 Å². The van der Waals surface area contributed by atoms with Crippen molar-refractivity contribution in [2.75, 3.05) is 12.3 Å². The molecule has 1 aromatic rings. The van der Waals surface area contributed by atoms with Crippen LogP contribution < -0.4 is 5.32 Å². The molecule has 0 saturated carbocycles. The first-order chi connectivity index (χ1) is 7.27. The van der Waals surface area contributed by atoms with E-state index in [0.29, 0.717) is 0 Å². The third kappa shape index (κ3) is 4.58. The van der Waals surface area contributed by atoms with Gasteiger partial charge in [0.25, 0.3) is 0 Å². The fraction of sp³-hybridized carbons (Fsp3) is 0.500. The monoisotopic (exact) mass is 287 g/mol. The molecule has 0 bridgehead atoms. The molecule has 0 aromatic heterocycles. The molecule has 0 aliphatic rings. The molecular formula is C12H18BrNS. The molecule has 0 amide bonds. The average molecular weight is 288 g/mol. The maximum atomic E-state index is 3.62. The molecular weight excluding hydrogens is 270 g/mol. The Bertz CT molecular complexity index is 302. The molecule has 1 nitrogen and oxygen atoms in total. The Morgan fingerprint density at radius 2 is 2.13 bits per heavy atom. The molecule has 1 aromatic carbocycles. The van der Waals surface area contributed by atoms with Gasteiger partial charge in [0.05, 0.1) is 0 Å². The third-order valence-corrected chi connectivity index (χ3v) is 4.00. The lowest BCUT2D eigenvalue weighted by atomic mass is 10.2. The molecule has 15 heavy (non-hydrogen) atoms. The summed E-state index contributed by atoms with van der Waals surface area (Å²) >= 11 is 5.53. The van der Waals surface area contributed by atoms with Crippen LogP contribution >= 0.6 is 27.7 Å². The highest BCUT2D eigenvalue weighted by atomic mass is 79.9. The highest BCUT2D eigenvalue weighted by Gasteiger charge is 2.01. The van der Waals surface area contributed by atoms with E-state index >= 15 is 0 Å². The van der Waals surface area contributed by atoms with E-state index in [9.17, 15) is 0 Å². The van der Waals surface area contributed by atoms with E-state index in [-0.39, 0.29) is 0 Å². The fourth-order valence-electron chi connectivity index (χ4n) is 1.24. The Hall–Kier alpha value is 0.01000. The smallest absolute Gasteiger partial charge is 0.0231 e. The summed E-state index contributed by atoms with van der Waals surface area (Å²) in [6, 6.07) is 6.62. The molecule has 0 saturated heterocycles. The topological polar surface area (TPSA) is 12.0 Å². The van der Waals surface area contributed by atoms with E-state index in [2.05, 4.69) is 53.3 Å². The number of halogens is 1. The normalized spacial score (nSPS) is 10.6. The van der Waals surface area contributed by atoms with Crippen molar-refractivity contribution in [3.05, 3.63) is 28.2 Å². The Kier molecular flexibility index (Phi) is 6.37. The molecule has 1 N–H and O–H groups in total. The third-order valence-electron chi connectivity index (χ3n) is 2.06. The van der Waals surface area contributed by atoms with Gasteiger partial charge in [0.1, 0.15) is 0 Å². The molecule has 0 fully saturated rings. The van der Waals surface area contributed by atoms with Crippen molar-refractivity contribution in [1.29, 1.82) is 0 Å². The summed E-state index contributed by atoms with van der Waals surface area (Å²) in [6.45, 7) is 6.29. The van der Waals surface area contributed by atoms with Gasteiger partial charge in [0.2, 0.25) is 0 Å². The second-order valence-electron chi connectivity index (χ2n) is 3.38. The van der Waals surface area contributed by atoms with E-state index in [0.717, 1.165) is 13.1 Å². The average Bonchev–Trinajstić information content (AvgIpc) is 2.25. The summed E-state index contributed by atoms with van der Waals surface area (Å²) in [5.41, 5.74) is 1.33. The lowest BCUT2D eigenvalue weighted by Gasteiger charge is -2.07. The number of rotatable bonds is 6.